The quantitative estimate of drug-likeness (QED) is 0.421. The number of ketones is 1. The molecule has 2 amide bonds. The maximum absolute atomic E-state index is 13.9. The van der Waals surface area contributed by atoms with Crippen LogP contribution in [0.4, 0.5) is 10.1 Å². The molecule has 0 unspecified atom stereocenters. The molecule has 0 saturated carbocycles. The van der Waals surface area contributed by atoms with E-state index in [1.165, 1.54) is 18.2 Å². The number of nitrogens with zero attached hydrogens (tertiary/aromatic N) is 3. The summed E-state index contributed by atoms with van der Waals surface area (Å²) >= 11 is 5.99. The van der Waals surface area contributed by atoms with Crippen molar-refractivity contribution in [3.8, 4) is 0 Å². The molecule has 6 nitrogen and oxygen atoms in total. The van der Waals surface area contributed by atoms with Crippen molar-refractivity contribution in [2.24, 2.45) is 16.9 Å². The van der Waals surface area contributed by atoms with Crippen LogP contribution < -0.4 is 4.90 Å². The van der Waals surface area contributed by atoms with Gasteiger partial charge in [-0.3, -0.25) is 19.4 Å². The highest BCUT2D eigenvalue weighted by Crippen LogP contribution is 2.53. The van der Waals surface area contributed by atoms with E-state index in [-0.39, 0.29) is 11.5 Å². The van der Waals surface area contributed by atoms with E-state index in [1.807, 2.05) is 24.3 Å². The zero-order valence-corrected chi connectivity index (χ0v) is 18.4. The number of benzene rings is 3. The van der Waals surface area contributed by atoms with E-state index in [4.69, 9.17) is 11.6 Å². The van der Waals surface area contributed by atoms with Gasteiger partial charge in [0, 0.05) is 10.6 Å². The molecule has 3 heterocycles. The number of carbonyl (C=O) groups excluding carboxylic acids is 3. The molecular formula is C26H17ClFN3O3. The molecule has 8 heteroatoms. The van der Waals surface area contributed by atoms with Crippen molar-refractivity contribution in [2.75, 3.05) is 4.90 Å². The average Bonchev–Trinajstić information content (AvgIpc) is 3.31. The van der Waals surface area contributed by atoms with Gasteiger partial charge in [-0.25, -0.2) is 9.29 Å². The Hall–Kier alpha value is -3.84. The number of rotatable bonds is 3. The van der Waals surface area contributed by atoms with Gasteiger partial charge in [-0.2, -0.15) is 5.10 Å². The van der Waals surface area contributed by atoms with Gasteiger partial charge in [0.15, 0.2) is 5.78 Å². The molecule has 3 aliphatic heterocycles. The van der Waals surface area contributed by atoms with Crippen molar-refractivity contribution in [3.05, 3.63) is 100 Å². The molecule has 3 aromatic carbocycles. The van der Waals surface area contributed by atoms with Crippen molar-refractivity contribution in [2.45, 2.75) is 12.1 Å². The number of imide groups is 1. The molecular weight excluding hydrogens is 457 g/mol. The normalized spacial score (nSPS) is 24.8. The summed E-state index contributed by atoms with van der Waals surface area (Å²) in [5.41, 5.74) is 2.17. The molecule has 4 atom stereocenters. The van der Waals surface area contributed by atoms with Crippen molar-refractivity contribution in [3.63, 3.8) is 0 Å². The number of Topliss-reactive ketones (excluding diaryl/α,β-unsaturated/α-hetero) is 1. The van der Waals surface area contributed by atoms with Gasteiger partial charge in [-0.05, 0) is 53.6 Å². The van der Waals surface area contributed by atoms with Crippen LogP contribution in [0.5, 0.6) is 0 Å². The highest BCUT2D eigenvalue weighted by Gasteiger charge is 2.65. The van der Waals surface area contributed by atoms with Crippen LogP contribution in [0.25, 0.3) is 0 Å². The second-order valence-electron chi connectivity index (χ2n) is 8.56. The van der Waals surface area contributed by atoms with Crippen molar-refractivity contribution in [1.29, 1.82) is 0 Å². The van der Waals surface area contributed by atoms with E-state index in [0.29, 0.717) is 10.6 Å². The van der Waals surface area contributed by atoms with Gasteiger partial charge in [0.1, 0.15) is 11.9 Å². The smallest absolute Gasteiger partial charge is 0.240 e. The largest absolute Gasteiger partial charge is 0.292 e. The molecule has 0 radical (unpaired) electrons. The molecule has 2 fully saturated rings. The molecule has 0 bridgehead atoms. The summed E-state index contributed by atoms with van der Waals surface area (Å²) in [5, 5.41) is 6.59. The van der Waals surface area contributed by atoms with E-state index in [2.05, 4.69) is 5.10 Å². The minimum absolute atomic E-state index is 0.154. The lowest BCUT2D eigenvalue weighted by Gasteiger charge is -2.33. The monoisotopic (exact) mass is 473 g/mol. The average molecular weight is 474 g/mol. The van der Waals surface area contributed by atoms with Crippen molar-refractivity contribution >= 4 is 41.1 Å². The molecule has 34 heavy (non-hydrogen) atoms. The molecule has 0 N–H and O–H groups in total. The lowest BCUT2D eigenvalue weighted by Crippen LogP contribution is -2.44. The highest BCUT2D eigenvalue weighted by atomic mass is 35.5. The van der Waals surface area contributed by atoms with Gasteiger partial charge in [0.25, 0.3) is 0 Å². The summed E-state index contributed by atoms with van der Waals surface area (Å²) in [4.78, 5) is 42.1. The molecule has 2 saturated heterocycles. The summed E-state index contributed by atoms with van der Waals surface area (Å²) in [6.07, 6.45) is 1.65. The van der Waals surface area contributed by atoms with Crippen LogP contribution in [0.2, 0.25) is 5.02 Å². The molecule has 168 valence electrons. The molecule has 3 aliphatic rings. The van der Waals surface area contributed by atoms with E-state index in [0.717, 1.165) is 22.1 Å². The Morgan fingerprint density at radius 1 is 0.912 bits per heavy atom. The Morgan fingerprint density at radius 2 is 1.65 bits per heavy atom. The van der Waals surface area contributed by atoms with Gasteiger partial charge in [0.2, 0.25) is 11.8 Å². The molecule has 3 aromatic rings. The molecule has 0 aliphatic carbocycles. The Morgan fingerprint density at radius 3 is 2.41 bits per heavy atom. The number of fused-ring (bicyclic) bond motifs is 5. The number of halogens is 2. The maximum Gasteiger partial charge on any atom is 0.240 e. The fourth-order valence-corrected chi connectivity index (χ4v) is 5.45. The van der Waals surface area contributed by atoms with Gasteiger partial charge in [-0.1, -0.05) is 41.9 Å². The highest BCUT2D eigenvalue weighted by molar-refractivity contribution is 6.30. The number of anilines is 1. The van der Waals surface area contributed by atoms with E-state index < -0.39 is 41.6 Å². The van der Waals surface area contributed by atoms with Crippen LogP contribution in [-0.2, 0) is 9.59 Å². The van der Waals surface area contributed by atoms with Gasteiger partial charge in [-0.15, -0.1) is 0 Å². The zero-order valence-electron chi connectivity index (χ0n) is 17.6. The second-order valence-corrected chi connectivity index (χ2v) is 8.99. The first-order valence-corrected chi connectivity index (χ1v) is 11.2. The molecule has 0 aromatic heterocycles. The van der Waals surface area contributed by atoms with E-state index >= 15 is 0 Å². The van der Waals surface area contributed by atoms with Crippen LogP contribution in [-0.4, -0.2) is 34.9 Å². The van der Waals surface area contributed by atoms with Gasteiger partial charge >= 0.3 is 0 Å². The third-order valence-corrected chi connectivity index (χ3v) is 7.01. The number of hydrogen-bond acceptors (Lipinski definition) is 5. The third kappa shape index (κ3) is 2.93. The standard InChI is InChI=1S/C26H17ClFN3O3/c27-16-10-8-14(9-11-16)24(32)23-21-20(22-19-7-2-1-4-15(19)13-29-31(22)23)25(33)30(26(21)34)18-6-3-5-17(28)12-18/h1-13,20-23H/t20-,21-,22+,23+/m1/s1. The Labute approximate surface area is 199 Å². The summed E-state index contributed by atoms with van der Waals surface area (Å²) < 4.78 is 13.9. The molecule has 0 spiro atoms. The van der Waals surface area contributed by atoms with Crippen LogP contribution in [0.15, 0.2) is 77.9 Å². The zero-order chi connectivity index (χ0) is 23.6. The predicted octanol–water partition coefficient (Wildman–Crippen LogP) is 4.24. The lowest BCUT2D eigenvalue weighted by molar-refractivity contribution is -0.124. The van der Waals surface area contributed by atoms with Gasteiger partial charge in [0.05, 0.1) is 29.8 Å². The van der Waals surface area contributed by atoms with Crippen molar-refractivity contribution in [1.82, 2.24) is 5.01 Å². The van der Waals surface area contributed by atoms with Crippen LogP contribution in [0.3, 0.4) is 0 Å². The fourth-order valence-electron chi connectivity index (χ4n) is 5.32. The Balaban J connectivity index is 1.50. The fraction of sp³-hybridized carbons (Fsp3) is 0.154. The summed E-state index contributed by atoms with van der Waals surface area (Å²) in [5.74, 6) is -3.68. The molecule has 6 rings (SSSR count). The SMILES string of the molecule is O=C(c1ccc(Cl)cc1)[C@@H]1[C@@H]2C(=O)N(c3cccc(F)c3)C(=O)[C@H]2[C@@H]2c3ccccc3C=NN12. The van der Waals surface area contributed by atoms with Crippen LogP contribution >= 0.6 is 11.6 Å². The predicted molar refractivity (Wildman–Crippen MR) is 124 cm³/mol. The lowest BCUT2D eigenvalue weighted by atomic mass is 9.83. The number of amides is 2. The van der Waals surface area contributed by atoms with E-state index in [1.54, 1.807) is 35.5 Å². The summed E-state index contributed by atoms with van der Waals surface area (Å²) in [7, 11) is 0. The topological polar surface area (TPSA) is 70.0 Å². The third-order valence-electron chi connectivity index (χ3n) is 6.76. The van der Waals surface area contributed by atoms with Crippen LogP contribution in [0.1, 0.15) is 27.5 Å². The number of hydrazone groups is 1. The minimum Gasteiger partial charge on any atom is -0.292 e. The summed E-state index contributed by atoms with van der Waals surface area (Å²) in [6.45, 7) is 0. The van der Waals surface area contributed by atoms with Gasteiger partial charge < -0.3 is 0 Å². The van der Waals surface area contributed by atoms with Crippen LogP contribution in [0, 0.1) is 17.7 Å². The minimum atomic E-state index is -0.990. The first-order chi connectivity index (χ1) is 16.5. The first kappa shape index (κ1) is 20.7. The van der Waals surface area contributed by atoms with E-state index in [9.17, 15) is 18.8 Å². The number of hydrogen-bond donors (Lipinski definition) is 0. The Kier molecular flexibility index (Phi) is 4.64. The Bertz CT molecular complexity index is 1390. The summed E-state index contributed by atoms with van der Waals surface area (Å²) in [6, 6.07) is 17.7. The maximum atomic E-state index is 13.9. The van der Waals surface area contributed by atoms with Crippen molar-refractivity contribution < 1.29 is 18.8 Å². The second kappa shape index (κ2) is 7.60. The number of carbonyl (C=O) groups is 3. The first-order valence-electron chi connectivity index (χ1n) is 10.8.